The molecule has 0 saturated carbocycles. The summed E-state index contributed by atoms with van der Waals surface area (Å²) in [5, 5.41) is 13.2. The highest BCUT2D eigenvalue weighted by atomic mass is 16.4. The van der Waals surface area contributed by atoms with E-state index < -0.39 is 11.9 Å². The van der Waals surface area contributed by atoms with Crippen molar-refractivity contribution in [3.8, 4) is 0 Å². The smallest absolute Gasteiger partial charge is 0.312 e. The topological polar surface area (TPSA) is 55.1 Å². The van der Waals surface area contributed by atoms with Crippen LogP contribution in [-0.4, -0.2) is 20.9 Å². The fourth-order valence-electron chi connectivity index (χ4n) is 1.71. The summed E-state index contributed by atoms with van der Waals surface area (Å²) in [6, 6.07) is 1.80. The molecule has 1 atom stereocenters. The number of rotatable bonds is 6. The zero-order valence-corrected chi connectivity index (χ0v) is 9.31. The van der Waals surface area contributed by atoms with E-state index in [9.17, 15) is 4.79 Å². The normalized spacial score (nSPS) is 12.7. The van der Waals surface area contributed by atoms with Gasteiger partial charge in [0.25, 0.3) is 0 Å². The molecular weight excluding hydrogens is 192 g/mol. The maximum Gasteiger partial charge on any atom is 0.312 e. The van der Waals surface area contributed by atoms with Gasteiger partial charge in [0, 0.05) is 12.7 Å². The van der Waals surface area contributed by atoms with E-state index in [1.165, 1.54) is 0 Å². The average Bonchev–Trinajstić information content (AvgIpc) is 2.66. The van der Waals surface area contributed by atoms with Crippen LogP contribution < -0.4 is 0 Å². The molecule has 1 unspecified atom stereocenters. The first kappa shape index (κ1) is 11.8. The number of carboxylic acid groups (broad SMARTS) is 1. The summed E-state index contributed by atoms with van der Waals surface area (Å²) in [4.78, 5) is 11.1. The highest BCUT2D eigenvalue weighted by molar-refractivity contribution is 5.75. The molecule has 0 aliphatic carbocycles. The highest BCUT2D eigenvalue weighted by Crippen LogP contribution is 2.22. The van der Waals surface area contributed by atoms with Gasteiger partial charge in [-0.2, -0.15) is 5.10 Å². The van der Waals surface area contributed by atoms with Crippen LogP contribution >= 0.6 is 0 Å². The van der Waals surface area contributed by atoms with Gasteiger partial charge in [0.2, 0.25) is 0 Å². The monoisotopic (exact) mass is 210 g/mol. The molecule has 0 aromatic carbocycles. The number of hydrogen-bond acceptors (Lipinski definition) is 2. The lowest BCUT2D eigenvalue weighted by atomic mass is 9.98. The molecule has 4 heteroatoms. The van der Waals surface area contributed by atoms with Gasteiger partial charge in [-0.15, -0.1) is 0 Å². The minimum Gasteiger partial charge on any atom is -0.481 e. The van der Waals surface area contributed by atoms with Crippen LogP contribution in [0.3, 0.4) is 0 Å². The van der Waals surface area contributed by atoms with Gasteiger partial charge in [-0.3, -0.25) is 9.48 Å². The summed E-state index contributed by atoms with van der Waals surface area (Å²) >= 11 is 0. The van der Waals surface area contributed by atoms with Gasteiger partial charge >= 0.3 is 5.97 Å². The molecule has 0 radical (unpaired) electrons. The van der Waals surface area contributed by atoms with E-state index in [2.05, 4.69) is 12.0 Å². The number of aryl methyl sites for hydroxylation is 1. The predicted molar refractivity (Wildman–Crippen MR) is 57.8 cm³/mol. The van der Waals surface area contributed by atoms with Crippen molar-refractivity contribution >= 4 is 5.97 Å². The van der Waals surface area contributed by atoms with E-state index in [0.717, 1.165) is 25.1 Å². The Bertz CT molecular complexity index is 320. The van der Waals surface area contributed by atoms with Crippen LogP contribution in [0.4, 0.5) is 0 Å². The molecule has 1 aromatic rings. The quantitative estimate of drug-likeness (QED) is 0.783. The van der Waals surface area contributed by atoms with E-state index in [1.807, 2.05) is 6.92 Å². The molecule has 84 valence electrons. The summed E-state index contributed by atoms with van der Waals surface area (Å²) in [6.07, 6.45) is 4.31. The number of nitrogens with zero attached hydrogens (tertiary/aromatic N) is 2. The number of carboxylic acids is 1. The molecule has 0 aliphatic heterocycles. The van der Waals surface area contributed by atoms with Gasteiger partial charge in [0.15, 0.2) is 0 Å². The van der Waals surface area contributed by atoms with Gasteiger partial charge in [0.05, 0.1) is 11.6 Å². The third-order valence-corrected chi connectivity index (χ3v) is 2.55. The zero-order chi connectivity index (χ0) is 11.3. The number of hydrogen-bond donors (Lipinski definition) is 1. The lowest BCUT2D eigenvalue weighted by Crippen LogP contribution is -2.16. The van der Waals surface area contributed by atoms with Crippen LogP contribution in [0.5, 0.6) is 0 Å². The lowest BCUT2D eigenvalue weighted by Gasteiger charge is -2.13. The number of unbranched alkanes of at least 4 members (excludes halogenated alkanes) is 1. The van der Waals surface area contributed by atoms with Crippen molar-refractivity contribution in [1.29, 1.82) is 0 Å². The Balaban J connectivity index is 2.83. The van der Waals surface area contributed by atoms with Gasteiger partial charge in [-0.1, -0.05) is 19.8 Å². The largest absolute Gasteiger partial charge is 0.481 e. The first-order chi connectivity index (χ1) is 7.20. The van der Waals surface area contributed by atoms with Crippen molar-refractivity contribution < 1.29 is 9.90 Å². The standard InChI is InChI=1S/C11H18N2O2/c1-3-5-6-9(11(14)15)10-7-8-12-13(10)4-2/h7-9H,3-6H2,1-2H3,(H,14,15). The Kier molecular flexibility index (Phi) is 4.34. The first-order valence-electron chi connectivity index (χ1n) is 5.45. The third-order valence-electron chi connectivity index (χ3n) is 2.55. The lowest BCUT2D eigenvalue weighted by molar-refractivity contribution is -0.139. The molecule has 0 fully saturated rings. The fourth-order valence-corrected chi connectivity index (χ4v) is 1.71. The molecule has 0 amide bonds. The maximum atomic E-state index is 11.1. The van der Waals surface area contributed by atoms with Gasteiger partial charge in [-0.25, -0.2) is 0 Å². The van der Waals surface area contributed by atoms with Gasteiger partial charge in [0.1, 0.15) is 0 Å². The molecule has 1 aromatic heterocycles. The molecule has 1 N–H and O–H groups in total. The van der Waals surface area contributed by atoms with E-state index in [1.54, 1.807) is 16.9 Å². The van der Waals surface area contributed by atoms with Crippen molar-refractivity contribution in [1.82, 2.24) is 9.78 Å². The minimum atomic E-state index is -0.751. The second kappa shape index (κ2) is 5.53. The van der Waals surface area contributed by atoms with Crippen molar-refractivity contribution in [3.05, 3.63) is 18.0 Å². The molecule has 4 nitrogen and oxygen atoms in total. The molecule has 15 heavy (non-hydrogen) atoms. The van der Waals surface area contributed by atoms with E-state index in [0.29, 0.717) is 6.42 Å². The van der Waals surface area contributed by atoms with E-state index >= 15 is 0 Å². The molecule has 0 aliphatic rings. The Morgan fingerprint density at radius 1 is 1.60 bits per heavy atom. The van der Waals surface area contributed by atoms with Crippen LogP contribution in [0, 0.1) is 0 Å². The van der Waals surface area contributed by atoms with Crippen LogP contribution in [0.2, 0.25) is 0 Å². The number of carbonyl (C=O) groups is 1. The highest BCUT2D eigenvalue weighted by Gasteiger charge is 2.22. The molecule has 0 bridgehead atoms. The minimum absolute atomic E-state index is 0.410. The van der Waals surface area contributed by atoms with E-state index in [4.69, 9.17) is 5.11 Å². The average molecular weight is 210 g/mol. The third kappa shape index (κ3) is 2.81. The molecule has 0 spiro atoms. The summed E-state index contributed by atoms with van der Waals surface area (Å²) in [7, 11) is 0. The predicted octanol–water partition coefficient (Wildman–Crippen LogP) is 2.26. The van der Waals surface area contributed by atoms with Crippen LogP contribution in [0.25, 0.3) is 0 Å². The molecule has 1 rings (SSSR count). The molecular formula is C11H18N2O2. The fraction of sp³-hybridized carbons (Fsp3) is 0.636. The molecule has 0 saturated heterocycles. The van der Waals surface area contributed by atoms with Gasteiger partial charge in [-0.05, 0) is 19.4 Å². The second-order valence-electron chi connectivity index (χ2n) is 3.60. The number of aromatic nitrogens is 2. The van der Waals surface area contributed by atoms with Crippen molar-refractivity contribution in [3.63, 3.8) is 0 Å². The Morgan fingerprint density at radius 2 is 2.33 bits per heavy atom. The van der Waals surface area contributed by atoms with Crippen molar-refractivity contribution in [2.45, 2.75) is 45.6 Å². The van der Waals surface area contributed by atoms with E-state index in [-0.39, 0.29) is 0 Å². The van der Waals surface area contributed by atoms with Gasteiger partial charge < -0.3 is 5.11 Å². The van der Waals surface area contributed by atoms with Crippen LogP contribution in [-0.2, 0) is 11.3 Å². The van der Waals surface area contributed by atoms with Crippen molar-refractivity contribution in [2.24, 2.45) is 0 Å². The first-order valence-corrected chi connectivity index (χ1v) is 5.45. The van der Waals surface area contributed by atoms with Crippen molar-refractivity contribution in [2.75, 3.05) is 0 Å². The molecule has 1 heterocycles. The van der Waals surface area contributed by atoms with Crippen LogP contribution in [0.15, 0.2) is 12.3 Å². The Morgan fingerprint density at radius 3 is 2.87 bits per heavy atom. The zero-order valence-electron chi connectivity index (χ0n) is 9.31. The SMILES string of the molecule is CCCCC(C(=O)O)c1ccnn1CC. The summed E-state index contributed by atoms with van der Waals surface area (Å²) in [5.41, 5.74) is 0.818. The Labute approximate surface area is 89.9 Å². The second-order valence-corrected chi connectivity index (χ2v) is 3.60. The Hall–Kier alpha value is -1.32. The summed E-state index contributed by atoms with van der Waals surface area (Å²) < 4.78 is 1.76. The van der Waals surface area contributed by atoms with Crippen LogP contribution in [0.1, 0.15) is 44.7 Å². The maximum absolute atomic E-state index is 11.1. The summed E-state index contributed by atoms with van der Waals surface area (Å²) in [6.45, 7) is 4.75. The number of aliphatic carboxylic acids is 1. The summed E-state index contributed by atoms with van der Waals surface area (Å²) in [5.74, 6) is -1.16.